The van der Waals surface area contributed by atoms with E-state index in [1.165, 1.54) is 11.1 Å². The van der Waals surface area contributed by atoms with Crippen LogP contribution in [0.5, 0.6) is 0 Å². The molecule has 2 aliphatic heterocycles. The zero-order chi connectivity index (χ0) is 25.9. The molecule has 8 nitrogen and oxygen atoms in total. The highest BCUT2D eigenvalue weighted by Crippen LogP contribution is 2.34. The number of morpholine rings is 1. The molecule has 0 radical (unpaired) electrons. The minimum atomic E-state index is -0.450. The van der Waals surface area contributed by atoms with E-state index in [2.05, 4.69) is 28.1 Å². The van der Waals surface area contributed by atoms with E-state index in [-0.39, 0.29) is 5.91 Å². The molecule has 1 N–H and O–H groups in total. The summed E-state index contributed by atoms with van der Waals surface area (Å²) in [6, 6.07) is 11.9. The van der Waals surface area contributed by atoms with Gasteiger partial charge >= 0.3 is 0 Å². The van der Waals surface area contributed by atoms with Crippen molar-refractivity contribution in [3.63, 3.8) is 0 Å². The molecule has 2 fully saturated rings. The predicted octanol–water partition coefficient (Wildman–Crippen LogP) is 3.54. The van der Waals surface area contributed by atoms with E-state index in [1.807, 2.05) is 36.7 Å². The van der Waals surface area contributed by atoms with Crippen LogP contribution in [-0.4, -0.2) is 76.4 Å². The third-order valence-electron chi connectivity index (χ3n) is 7.61. The quantitative estimate of drug-likeness (QED) is 0.560. The Morgan fingerprint density at radius 2 is 1.89 bits per heavy atom. The molecule has 0 saturated carbocycles. The van der Waals surface area contributed by atoms with Gasteiger partial charge in [-0.25, -0.2) is 9.97 Å². The average molecular weight is 512 g/mol. The number of nitrogens with zero attached hydrogens (tertiary/aromatic N) is 5. The van der Waals surface area contributed by atoms with Gasteiger partial charge in [-0.3, -0.25) is 9.78 Å². The number of hydrogen-bond donors (Lipinski definition) is 1. The van der Waals surface area contributed by atoms with Gasteiger partial charge in [0.25, 0.3) is 5.91 Å². The second-order valence-corrected chi connectivity index (χ2v) is 10.3. The Morgan fingerprint density at radius 1 is 1.05 bits per heavy atom. The van der Waals surface area contributed by atoms with E-state index in [0.717, 1.165) is 67.7 Å². The van der Waals surface area contributed by atoms with Crippen LogP contribution in [0, 0.1) is 0 Å². The molecular formula is C30H33N5O3. The van der Waals surface area contributed by atoms with Gasteiger partial charge in [-0.1, -0.05) is 17.7 Å². The number of ether oxygens (including phenoxy) is 1. The molecule has 2 aromatic heterocycles. The third-order valence-corrected chi connectivity index (χ3v) is 7.61. The smallest absolute Gasteiger partial charge is 0.253 e. The molecule has 0 bridgehead atoms. The molecule has 1 atom stereocenters. The molecule has 1 aliphatic carbocycles. The summed E-state index contributed by atoms with van der Waals surface area (Å²) in [4.78, 5) is 31.5. The van der Waals surface area contributed by atoms with Crippen LogP contribution in [0.4, 0.5) is 5.95 Å². The van der Waals surface area contributed by atoms with Gasteiger partial charge in [0.15, 0.2) is 0 Å². The summed E-state index contributed by atoms with van der Waals surface area (Å²) in [5, 5.41) is 10.1. The van der Waals surface area contributed by atoms with Crippen LogP contribution in [0.15, 0.2) is 54.4 Å². The van der Waals surface area contributed by atoms with Crippen LogP contribution in [-0.2, 0) is 17.6 Å². The highest BCUT2D eigenvalue weighted by molar-refractivity contribution is 5.95. The number of benzene rings is 1. The molecule has 3 aromatic rings. The number of carbonyl (C=O) groups is 1. The van der Waals surface area contributed by atoms with Crippen LogP contribution < -0.4 is 4.90 Å². The van der Waals surface area contributed by atoms with Gasteiger partial charge in [-0.15, -0.1) is 0 Å². The third kappa shape index (κ3) is 5.33. The normalized spacial score (nSPS) is 19.6. The number of likely N-dealkylation sites (tertiary alicyclic amines) is 1. The number of rotatable bonds is 5. The number of aliphatic hydroxyl groups excluding tert-OH is 1. The molecule has 1 aromatic carbocycles. The molecule has 2 saturated heterocycles. The van der Waals surface area contributed by atoms with Crippen LogP contribution in [0.25, 0.3) is 17.3 Å². The van der Waals surface area contributed by atoms with Crippen LogP contribution >= 0.6 is 0 Å². The number of amides is 1. The lowest BCUT2D eigenvalue weighted by Gasteiger charge is -2.30. The van der Waals surface area contributed by atoms with Crippen LogP contribution in [0.2, 0.25) is 0 Å². The summed E-state index contributed by atoms with van der Waals surface area (Å²) in [5.74, 6) is 0.667. The fraction of sp³-hybridized carbons (Fsp3) is 0.400. The summed E-state index contributed by atoms with van der Waals surface area (Å²) in [6.45, 7) is 3.88. The fourth-order valence-corrected chi connectivity index (χ4v) is 5.57. The Morgan fingerprint density at radius 3 is 2.71 bits per heavy atom. The minimum absolute atomic E-state index is 0.0403. The minimum Gasteiger partial charge on any atom is -0.391 e. The SMILES string of the molecule is O=C(c1cccc(-c2nc(N3CCOCC3)nc3c2CCC(Cc2ccncc2)=C3)c1)N1CCCC(O)C1. The van der Waals surface area contributed by atoms with Crippen molar-refractivity contribution in [2.45, 2.75) is 38.2 Å². The number of carbonyl (C=O) groups excluding carboxylic acids is 1. The maximum atomic E-state index is 13.3. The van der Waals surface area contributed by atoms with Gasteiger partial charge in [-0.05, 0) is 68.0 Å². The Balaban J connectivity index is 1.37. The van der Waals surface area contributed by atoms with E-state index >= 15 is 0 Å². The van der Waals surface area contributed by atoms with Crippen molar-refractivity contribution in [1.82, 2.24) is 19.9 Å². The van der Waals surface area contributed by atoms with Crippen molar-refractivity contribution in [2.75, 3.05) is 44.3 Å². The van der Waals surface area contributed by atoms with E-state index in [1.54, 1.807) is 4.90 Å². The maximum absolute atomic E-state index is 13.3. The molecule has 1 amide bonds. The Labute approximate surface area is 223 Å². The molecule has 1 unspecified atom stereocenters. The van der Waals surface area contributed by atoms with Gasteiger partial charge in [0.05, 0.1) is 30.7 Å². The number of aromatic nitrogens is 3. The lowest BCUT2D eigenvalue weighted by atomic mass is 9.89. The molecule has 0 spiro atoms. The van der Waals surface area contributed by atoms with Gasteiger partial charge in [-0.2, -0.15) is 0 Å². The summed E-state index contributed by atoms with van der Waals surface area (Å²) in [6.07, 6.45) is 9.67. The monoisotopic (exact) mass is 511 g/mol. The van der Waals surface area contributed by atoms with Crippen molar-refractivity contribution >= 4 is 17.9 Å². The number of β-amino-alcohol motifs (C(OH)–C–C–N with tert-alkyl or cyclic N) is 1. The molecule has 6 rings (SSSR count). The first kappa shape index (κ1) is 24.7. The molecule has 3 aliphatic rings. The van der Waals surface area contributed by atoms with Crippen LogP contribution in [0.3, 0.4) is 0 Å². The predicted molar refractivity (Wildman–Crippen MR) is 146 cm³/mol. The standard InChI is InChI=1S/C30H33N5O3/c36-25-5-2-12-35(20-25)29(37)24-4-1-3-23(19-24)28-26-7-6-22(17-21-8-10-31-11-9-21)18-27(26)32-30(33-28)34-13-15-38-16-14-34/h1,3-4,8-11,18-19,25,36H,2,5-7,12-17,20H2. The highest BCUT2D eigenvalue weighted by Gasteiger charge is 2.25. The van der Waals surface area contributed by atoms with Crippen molar-refractivity contribution in [2.24, 2.45) is 0 Å². The average Bonchev–Trinajstić information content (AvgIpc) is 2.97. The van der Waals surface area contributed by atoms with Crippen molar-refractivity contribution in [1.29, 1.82) is 0 Å². The number of fused-ring (bicyclic) bond motifs is 1. The number of pyridine rings is 1. The first-order chi connectivity index (χ1) is 18.6. The summed E-state index contributed by atoms with van der Waals surface area (Å²) >= 11 is 0. The van der Waals surface area contributed by atoms with Gasteiger partial charge in [0, 0.05) is 55.3 Å². The Bertz CT molecular complexity index is 1340. The van der Waals surface area contributed by atoms with Gasteiger partial charge in [0.2, 0.25) is 5.95 Å². The highest BCUT2D eigenvalue weighted by atomic mass is 16.5. The van der Waals surface area contributed by atoms with Crippen molar-refractivity contribution < 1.29 is 14.6 Å². The lowest BCUT2D eigenvalue weighted by molar-refractivity contribution is 0.0474. The lowest BCUT2D eigenvalue weighted by Crippen LogP contribution is -2.42. The van der Waals surface area contributed by atoms with E-state index in [4.69, 9.17) is 14.7 Å². The Kier molecular flexibility index (Phi) is 7.16. The molecule has 38 heavy (non-hydrogen) atoms. The number of hydrogen-bond acceptors (Lipinski definition) is 7. The number of anilines is 1. The topological polar surface area (TPSA) is 91.7 Å². The second kappa shape index (κ2) is 11.0. The molecule has 4 heterocycles. The number of aliphatic hydroxyl groups is 1. The fourth-order valence-electron chi connectivity index (χ4n) is 5.57. The summed E-state index contributed by atoms with van der Waals surface area (Å²) in [5.41, 5.74) is 7.11. The largest absolute Gasteiger partial charge is 0.391 e. The van der Waals surface area contributed by atoms with Gasteiger partial charge < -0.3 is 19.6 Å². The maximum Gasteiger partial charge on any atom is 0.253 e. The summed E-state index contributed by atoms with van der Waals surface area (Å²) < 4.78 is 5.57. The van der Waals surface area contributed by atoms with Crippen molar-refractivity contribution in [3.8, 4) is 11.3 Å². The van der Waals surface area contributed by atoms with Crippen molar-refractivity contribution in [3.05, 3.63) is 76.7 Å². The second-order valence-electron chi connectivity index (χ2n) is 10.3. The Hall–Kier alpha value is -3.62. The summed E-state index contributed by atoms with van der Waals surface area (Å²) in [7, 11) is 0. The van der Waals surface area contributed by atoms with E-state index in [0.29, 0.717) is 37.8 Å². The molecule has 8 heteroatoms. The zero-order valence-electron chi connectivity index (χ0n) is 21.6. The molecule has 196 valence electrons. The van der Waals surface area contributed by atoms with E-state index in [9.17, 15) is 9.90 Å². The van der Waals surface area contributed by atoms with E-state index < -0.39 is 6.10 Å². The first-order valence-electron chi connectivity index (χ1n) is 13.5. The molecular weight excluding hydrogens is 478 g/mol. The van der Waals surface area contributed by atoms with Gasteiger partial charge in [0.1, 0.15) is 0 Å². The first-order valence-corrected chi connectivity index (χ1v) is 13.5. The number of allylic oxidation sites excluding steroid dienone is 1. The van der Waals surface area contributed by atoms with Crippen LogP contribution in [0.1, 0.15) is 46.4 Å². The zero-order valence-corrected chi connectivity index (χ0v) is 21.6. The number of piperidine rings is 1.